The average Bonchev–Trinajstić information content (AvgIpc) is 2.40. The van der Waals surface area contributed by atoms with Crippen molar-refractivity contribution in [2.45, 2.75) is 6.04 Å². The van der Waals surface area contributed by atoms with E-state index < -0.39 is 0 Å². The van der Waals surface area contributed by atoms with Crippen LogP contribution in [0.1, 0.15) is 17.2 Å². The van der Waals surface area contributed by atoms with Gasteiger partial charge in [-0.25, -0.2) is 4.39 Å². The smallest absolute Gasteiger partial charge is 0.124 e. The van der Waals surface area contributed by atoms with Crippen LogP contribution < -0.4 is 10.1 Å². The molecule has 0 aromatic heterocycles. The molecule has 0 amide bonds. The second-order valence-corrected chi connectivity index (χ2v) is 4.60. The maximum absolute atomic E-state index is 13.4. The van der Waals surface area contributed by atoms with Crippen molar-refractivity contribution < 1.29 is 9.13 Å². The number of rotatable bonds is 4. The molecule has 4 heteroatoms. The number of ether oxygens (including phenoxy) is 1. The van der Waals surface area contributed by atoms with Crippen molar-refractivity contribution in [3.63, 3.8) is 0 Å². The molecule has 0 radical (unpaired) electrons. The SMILES string of the molecule is CNC(c1cccc(F)c1)c1cc(Cl)ccc1OC. The van der Waals surface area contributed by atoms with Gasteiger partial charge in [0.15, 0.2) is 0 Å². The first-order chi connectivity index (χ1) is 9.15. The molecule has 100 valence electrons. The van der Waals surface area contributed by atoms with E-state index in [9.17, 15) is 4.39 Å². The normalized spacial score (nSPS) is 12.2. The molecule has 0 spiro atoms. The Kier molecular flexibility index (Phi) is 4.40. The molecular formula is C15H15ClFNO. The maximum Gasteiger partial charge on any atom is 0.124 e. The van der Waals surface area contributed by atoms with Gasteiger partial charge in [0.05, 0.1) is 13.2 Å². The summed E-state index contributed by atoms with van der Waals surface area (Å²) in [5.41, 5.74) is 1.70. The topological polar surface area (TPSA) is 21.3 Å². The fourth-order valence-corrected chi connectivity index (χ4v) is 2.30. The molecule has 2 rings (SSSR count). The lowest BCUT2D eigenvalue weighted by atomic mass is 9.98. The van der Waals surface area contributed by atoms with Crippen molar-refractivity contribution in [1.82, 2.24) is 5.32 Å². The predicted octanol–water partition coefficient (Wildman–Crippen LogP) is 3.80. The standard InChI is InChI=1S/C15H15ClFNO/c1-18-15(10-4-3-5-12(17)8-10)13-9-11(16)6-7-14(13)19-2/h3-9,15,18H,1-2H3. The third-order valence-corrected chi connectivity index (χ3v) is 3.21. The van der Waals surface area contributed by atoms with Gasteiger partial charge in [0.2, 0.25) is 0 Å². The van der Waals surface area contributed by atoms with E-state index in [0.717, 1.165) is 11.1 Å². The second kappa shape index (κ2) is 6.04. The monoisotopic (exact) mass is 279 g/mol. The number of benzene rings is 2. The molecular weight excluding hydrogens is 265 g/mol. The van der Waals surface area contributed by atoms with Crippen LogP contribution in [0, 0.1) is 5.82 Å². The van der Waals surface area contributed by atoms with Gasteiger partial charge in [-0.2, -0.15) is 0 Å². The molecule has 2 aromatic rings. The summed E-state index contributed by atoms with van der Waals surface area (Å²) in [5, 5.41) is 3.78. The van der Waals surface area contributed by atoms with Crippen LogP contribution in [0.15, 0.2) is 42.5 Å². The van der Waals surface area contributed by atoms with Gasteiger partial charge < -0.3 is 10.1 Å². The van der Waals surface area contributed by atoms with Crippen molar-refractivity contribution in [2.75, 3.05) is 14.2 Å². The van der Waals surface area contributed by atoms with Gasteiger partial charge in [0.1, 0.15) is 11.6 Å². The van der Waals surface area contributed by atoms with E-state index in [4.69, 9.17) is 16.3 Å². The summed E-state index contributed by atoms with van der Waals surface area (Å²) < 4.78 is 18.7. The number of hydrogen-bond donors (Lipinski definition) is 1. The van der Waals surface area contributed by atoms with Crippen LogP contribution in [-0.2, 0) is 0 Å². The third kappa shape index (κ3) is 3.06. The highest BCUT2D eigenvalue weighted by atomic mass is 35.5. The number of methoxy groups -OCH3 is 1. The fourth-order valence-electron chi connectivity index (χ4n) is 2.12. The van der Waals surface area contributed by atoms with Gasteiger partial charge in [0.25, 0.3) is 0 Å². The van der Waals surface area contributed by atoms with Gasteiger partial charge in [-0.3, -0.25) is 0 Å². The Morgan fingerprint density at radius 1 is 1.21 bits per heavy atom. The highest BCUT2D eigenvalue weighted by molar-refractivity contribution is 6.30. The lowest BCUT2D eigenvalue weighted by Gasteiger charge is -2.20. The summed E-state index contributed by atoms with van der Waals surface area (Å²) >= 11 is 6.04. The lowest BCUT2D eigenvalue weighted by Crippen LogP contribution is -2.18. The van der Waals surface area contributed by atoms with Crippen LogP contribution in [0.5, 0.6) is 5.75 Å². The molecule has 0 heterocycles. The Balaban J connectivity index is 2.50. The quantitative estimate of drug-likeness (QED) is 0.919. The van der Waals surface area contributed by atoms with E-state index >= 15 is 0 Å². The minimum Gasteiger partial charge on any atom is -0.496 e. The third-order valence-electron chi connectivity index (χ3n) is 2.97. The van der Waals surface area contributed by atoms with E-state index in [1.54, 1.807) is 25.3 Å². The summed E-state index contributed by atoms with van der Waals surface area (Å²) in [4.78, 5) is 0. The summed E-state index contributed by atoms with van der Waals surface area (Å²) in [6.07, 6.45) is 0. The summed E-state index contributed by atoms with van der Waals surface area (Å²) in [6.45, 7) is 0. The molecule has 1 atom stereocenters. The van der Waals surface area contributed by atoms with Crippen LogP contribution >= 0.6 is 11.6 Å². The molecule has 2 aromatic carbocycles. The number of nitrogens with one attached hydrogen (secondary N) is 1. The highest BCUT2D eigenvalue weighted by Gasteiger charge is 2.17. The molecule has 0 saturated heterocycles. The molecule has 1 unspecified atom stereocenters. The van der Waals surface area contributed by atoms with Crippen LogP contribution in [0.25, 0.3) is 0 Å². The van der Waals surface area contributed by atoms with Crippen molar-refractivity contribution in [3.05, 3.63) is 64.4 Å². The number of halogens is 2. The molecule has 0 fully saturated rings. The maximum atomic E-state index is 13.4. The van der Waals surface area contributed by atoms with Crippen LogP contribution in [0.4, 0.5) is 4.39 Å². The van der Waals surface area contributed by atoms with Gasteiger partial charge in [-0.1, -0.05) is 23.7 Å². The fraction of sp³-hybridized carbons (Fsp3) is 0.200. The Morgan fingerprint density at radius 3 is 2.63 bits per heavy atom. The van der Waals surface area contributed by atoms with Crippen LogP contribution in [0.3, 0.4) is 0 Å². The Labute approximate surface area is 117 Å². The lowest BCUT2D eigenvalue weighted by molar-refractivity contribution is 0.405. The summed E-state index contributed by atoms with van der Waals surface area (Å²) in [6, 6.07) is 11.7. The Bertz CT molecular complexity index is 574. The van der Waals surface area contributed by atoms with Gasteiger partial charge in [-0.05, 0) is 42.9 Å². The second-order valence-electron chi connectivity index (χ2n) is 4.16. The molecule has 0 bridgehead atoms. The summed E-state index contributed by atoms with van der Waals surface area (Å²) in [5.74, 6) is 0.451. The average molecular weight is 280 g/mol. The van der Waals surface area contributed by atoms with Crippen molar-refractivity contribution >= 4 is 11.6 Å². The molecule has 0 aliphatic rings. The van der Waals surface area contributed by atoms with Crippen molar-refractivity contribution in [1.29, 1.82) is 0 Å². The van der Waals surface area contributed by atoms with E-state index in [1.165, 1.54) is 12.1 Å². The highest BCUT2D eigenvalue weighted by Crippen LogP contribution is 2.32. The molecule has 2 nitrogen and oxygen atoms in total. The van der Waals surface area contributed by atoms with E-state index in [0.29, 0.717) is 10.8 Å². The van der Waals surface area contributed by atoms with Crippen molar-refractivity contribution in [3.8, 4) is 5.75 Å². The van der Waals surface area contributed by atoms with Gasteiger partial charge in [0, 0.05) is 10.6 Å². The zero-order valence-corrected chi connectivity index (χ0v) is 11.5. The minimum atomic E-state index is -0.265. The number of hydrogen-bond acceptors (Lipinski definition) is 2. The van der Waals surface area contributed by atoms with Crippen molar-refractivity contribution in [2.24, 2.45) is 0 Å². The first-order valence-electron chi connectivity index (χ1n) is 5.92. The minimum absolute atomic E-state index is 0.177. The molecule has 0 saturated carbocycles. The van der Waals surface area contributed by atoms with Gasteiger partial charge >= 0.3 is 0 Å². The first kappa shape index (κ1) is 13.8. The Morgan fingerprint density at radius 2 is 2.00 bits per heavy atom. The van der Waals surface area contributed by atoms with E-state index in [1.807, 2.05) is 19.2 Å². The zero-order valence-electron chi connectivity index (χ0n) is 10.8. The van der Waals surface area contributed by atoms with Gasteiger partial charge in [-0.15, -0.1) is 0 Å². The summed E-state index contributed by atoms with van der Waals surface area (Å²) in [7, 11) is 3.42. The van der Waals surface area contributed by atoms with E-state index in [2.05, 4.69) is 5.32 Å². The predicted molar refractivity (Wildman–Crippen MR) is 75.3 cm³/mol. The zero-order chi connectivity index (χ0) is 13.8. The molecule has 0 aliphatic heterocycles. The largest absolute Gasteiger partial charge is 0.496 e. The molecule has 0 aliphatic carbocycles. The van der Waals surface area contributed by atoms with Crippen LogP contribution in [0.2, 0.25) is 5.02 Å². The molecule has 1 N–H and O–H groups in total. The van der Waals surface area contributed by atoms with Crippen LogP contribution in [-0.4, -0.2) is 14.2 Å². The van der Waals surface area contributed by atoms with E-state index in [-0.39, 0.29) is 11.9 Å². The molecule has 19 heavy (non-hydrogen) atoms. The first-order valence-corrected chi connectivity index (χ1v) is 6.29. The Hall–Kier alpha value is -1.58.